The van der Waals surface area contributed by atoms with Gasteiger partial charge in [0.15, 0.2) is 5.11 Å². The van der Waals surface area contributed by atoms with Crippen LogP contribution in [-0.4, -0.2) is 10.8 Å². The van der Waals surface area contributed by atoms with Gasteiger partial charge in [0, 0.05) is 17.7 Å². The van der Waals surface area contributed by atoms with E-state index in [1.165, 1.54) is 5.56 Å². The molecule has 2 aromatic rings. The summed E-state index contributed by atoms with van der Waals surface area (Å²) in [5.41, 5.74) is 12.5. The number of para-hydroxylation sites is 1. The van der Waals surface area contributed by atoms with Crippen LogP contribution in [0.15, 0.2) is 59.7 Å². The van der Waals surface area contributed by atoms with Crippen LogP contribution in [0.2, 0.25) is 0 Å². The molecule has 0 bridgehead atoms. The molecule has 0 radical (unpaired) electrons. The van der Waals surface area contributed by atoms with E-state index in [0.29, 0.717) is 0 Å². The Balaban J connectivity index is 1.96. The average Bonchev–Trinajstić information content (AvgIpc) is 2.53. The summed E-state index contributed by atoms with van der Waals surface area (Å²) in [4.78, 5) is 0. The molecule has 0 fully saturated rings. The number of nitrogens with two attached hydrogens (primary N) is 1. The minimum atomic E-state index is 0.176. The number of thiocarbonyl (C=S) groups is 1. The molecule has 0 aromatic heterocycles. The van der Waals surface area contributed by atoms with E-state index in [2.05, 4.69) is 34.0 Å². The Morgan fingerprint density at radius 3 is 2.62 bits per heavy atom. The maximum atomic E-state index is 5.47. The molecule has 5 heteroatoms. The number of hydrogen-bond acceptors (Lipinski definition) is 3. The zero-order chi connectivity index (χ0) is 14.7. The third-order valence-corrected chi connectivity index (χ3v) is 3.56. The van der Waals surface area contributed by atoms with Gasteiger partial charge >= 0.3 is 0 Å². The molecule has 0 spiro atoms. The van der Waals surface area contributed by atoms with Crippen molar-refractivity contribution in [1.82, 2.24) is 5.43 Å². The molecule has 0 amide bonds. The fraction of sp³-hybridized carbons (Fsp3) is 0.125. The lowest BCUT2D eigenvalue weighted by Gasteiger charge is -2.28. The highest BCUT2D eigenvalue weighted by Gasteiger charge is 2.23. The van der Waals surface area contributed by atoms with Crippen molar-refractivity contribution in [3.05, 3.63) is 65.7 Å². The van der Waals surface area contributed by atoms with Gasteiger partial charge in [0.05, 0.1) is 11.8 Å². The van der Waals surface area contributed by atoms with Crippen molar-refractivity contribution >= 4 is 28.7 Å². The van der Waals surface area contributed by atoms with Gasteiger partial charge in [-0.3, -0.25) is 5.43 Å². The Labute approximate surface area is 129 Å². The summed E-state index contributed by atoms with van der Waals surface area (Å²) in [6.45, 7) is 0. The summed E-state index contributed by atoms with van der Waals surface area (Å²) >= 11 is 4.83. The molecule has 1 aliphatic rings. The summed E-state index contributed by atoms with van der Waals surface area (Å²) in [6.07, 6.45) is 0.774. The molecule has 1 aliphatic heterocycles. The van der Waals surface area contributed by atoms with E-state index in [1.807, 2.05) is 36.4 Å². The van der Waals surface area contributed by atoms with Crippen LogP contribution in [0.1, 0.15) is 23.6 Å². The lowest BCUT2D eigenvalue weighted by atomic mass is 9.92. The first-order chi connectivity index (χ1) is 10.2. The van der Waals surface area contributed by atoms with Crippen LogP contribution in [0, 0.1) is 0 Å². The van der Waals surface area contributed by atoms with Crippen LogP contribution < -0.4 is 16.5 Å². The third kappa shape index (κ3) is 3.03. The molecule has 4 nitrogen and oxygen atoms in total. The zero-order valence-corrected chi connectivity index (χ0v) is 12.2. The Kier molecular flexibility index (Phi) is 3.83. The molecule has 1 atom stereocenters. The Morgan fingerprint density at radius 1 is 1.14 bits per heavy atom. The lowest BCUT2D eigenvalue weighted by Crippen LogP contribution is -2.29. The molecule has 2 aromatic carbocycles. The predicted molar refractivity (Wildman–Crippen MR) is 90.3 cm³/mol. The Morgan fingerprint density at radius 2 is 1.86 bits per heavy atom. The van der Waals surface area contributed by atoms with Gasteiger partial charge in [-0.15, -0.1) is 0 Å². The van der Waals surface area contributed by atoms with Gasteiger partial charge in [-0.05, 0) is 23.8 Å². The summed E-state index contributed by atoms with van der Waals surface area (Å²) in [6, 6.07) is 18.6. The van der Waals surface area contributed by atoms with Crippen LogP contribution in [0.5, 0.6) is 0 Å². The number of rotatable bonds is 2. The van der Waals surface area contributed by atoms with E-state index in [9.17, 15) is 0 Å². The highest BCUT2D eigenvalue weighted by Crippen LogP contribution is 2.32. The van der Waals surface area contributed by atoms with E-state index in [4.69, 9.17) is 18.0 Å². The maximum absolute atomic E-state index is 5.47. The molecule has 3 rings (SSSR count). The van der Waals surface area contributed by atoms with Gasteiger partial charge < -0.3 is 11.1 Å². The number of nitrogens with one attached hydrogen (secondary N) is 2. The van der Waals surface area contributed by atoms with Crippen molar-refractivity contribution in [2.24, 2.45) is 10.8 Å². The van der Waals surface area contributed by atoms with Crippen molar-refractivity contribution in [2.75, 3.05) is 5.32 Å². The average molecular weight is 296 g/mol. The minimum absolute atomic E-state index is 0.176. The highest BCUT2D eigenvalue weighted by atomic mass is 32.1. The summed E-state index contributed by atoms with van der Waals surface area (Å²) in [5, 5.41) is 8.09. The van der Waals surface area contributed by atoms with Crippen LogP contribution in [-0.2, 0) is 0 Å². The van der Waals surface area contributed by atoms with Gasteiger partial charge in [0.25, 0.3) is 0 Å². The van der Waals surface area contributed by atoms with Crippen LogP contribution in [0.25, 0.3) is 0 Å². The monoisotopic (exact) mass is 296 g/mol. The van der Waals surface area contributed by atoms with E-state index >= 15 is 0 Å². The molecule has 21 heavy (non-hydrogen) atoms. The van der Waals surface area contributed by atoms with Gasteiger partial charge in [-0.2, -0.15) is 5.10 Å². The number of hydrazone groups is 1. The number of anilines is 1. The summed E-state index contributed by atoms with van der Waals surface area (Å²) in [5.74, 6) is 0. The van der Waals surface area contributed by atoms with E-state index in [0.717, 1.165) is 23.4 Å². The molecule has 0 aliphatic carbocycles. The maximum Gasteiger partial charge on any atom is 0.184 e. The van der Waals surface area contributed by atoms with E-state index < -0.39 is 0 Å². The van der Waals surface area contributed by atoms with Gasteiger partial charge in [0.1, 0.15) is 0 Å². The topological polar surface area (TPSA) is 62.4 Å². The second-order valence-electron chi connectivity index (χ2n) is 4.89. The number of fused-ring (bicyclic) bond motifs is 1. The second kappa shape index (κ2) is 5.93. The van der Waals surface area contributed by atoms with Crippen molar-refractivity contribution in [3.8, 4) is 0 Å². The van der Waals surface area contributed by atoms with E-state index in [1.54, 1.807) is 0 Å². The second-order valence-corrected chi connectivity index (χ2v) is 5.33. The molecule has 0 saturated heterocycles. The van der Waals surface area contributed by atoms with E-state index in [-0.39, 0.29) is 11.2 Å². The van der Waals surface area contributed by atoms with Crippen LogP contribution >= 0.6 is 12.2 Å². The Bertz CT molecular complexity index is 682. The van der Waals surface area contributed by atoms with Gasteiger partial charge in [0.2, 0.25) is 0 Å². The predicted octanol–water partition coefficient (Wildman–Crippen LogP) is 2.78. The lowest BCUT2D eigenvalue weighted by molar-refractivity contribution is 0.800. The normalized spacial score (nSPS) is 18.7. The molecular weight excluding hydrogens is 280 g/mol. The van der Waals surface area contributed by atoms with Crippen molar-refractivity contribution < 1.29 is 0 Å². The molecule has 0 saturated carbocycles. The fourth-order valence-electron chi connectivity index (χ4n) is 2.52. The SMILES string of the molecule is NC(=S)NN=C1CC(c2ccccc2)Nc2ccccc21. The van der Waals surface area contributed by atoms with Gasteiger partial charge in [-0.1, -0.05) is 48.5 Å². The first-order valence-electron chi connectivity index (χ1n) is 6.77. The fourth-order valence-corrected chi connectivity index (χ4v) is 2.56. The Hall–Kier alpha value is -2.40. The number of hydrogen-bond donors (Lipinski definition) is 3. The number of benzene rings is 2. The van der Waals surface area contributed by atoms with Crippen molar-refractivity contribution in [2.45, 2.75) is 12.5 Å². The van der Waals surface area contributed by atoms with Crippen molar-refractivity contribution in [3.63, 3.8) is 0 Å². The van der Waals surface area contributed by atoms with Crippen LogP contribution in [0.3, 0.4) is 0 Å². The highest BCUT2D eigenvalue weighted by molar-refractivity contribution is 7.80. The molecule has 4 N–H and O–H groups in total. The number of nitrogens with zero attached hydrogens (tertiary/aromatic N) is 1. The largest absolute Gasteiger partial charge is 0.377 e. The first-order valence-corrected chi connectivity index (χ1v) is 7.18. The molecular formula is C16H16N4S. The molecule has 106 valence electrons. The third-order valence-electron chi connectivity index (χ3n) is 3.47. The first kappa shape index (κ1) is 13.6. The molecule has 1 unspecified atom stereocenters. The zero-order valence-electron chi connectivity index (χ0n) is 11.4. The molecule has 1 heterocycles. The quantitative estimate of drug-likeness (QED) is 0.589. The van der Waals surface area contributed by atoms with Crippen LogP contribution in [0.4, 0.5) is 5.69 Å². The van der Waals surface area contributed by atoms with Crippen molar-refractivity contribution in [1.29, 1.82) is 0 Å². The minimum Gasteiger partial charge on any atom is -0.377 e. The summed E-state index contributed by atoms with van der Waals surface area (Å²) < 4.78 is 0. The smallest absolute Gasteiger partial charge is 0.184 e. The summed E-state index contributed by atoms with van der Waals surface area (Å²) in [7, 11) is 0. The van der Waals surface area contributed by atoms with Gasteiger partial charge in [-0.25, -0.2) is 0 Å². The standard InChI is InChI=1S/C16H16N4S/c17-16(21)20-19-15-10-14(11-6-2-1-3-7-11)18-13-9-5-4-8-12(13)15/h1-9,14,18H,10H2,(H3,17,20,21).